The van der Waals surface area contributed by atoms with Crippen molar-refractivity contribution >= 4 is 23.5 Å². The van der Waals surface area contributed by atoms with E-state index in [2.05, 4.69) is 5.32 Å². The molecule has 0 bridgehead atoms. The van der Waals surface area contributed by atoms with Crippen LogP contribution in [0.5, 0.6) is 0 Å². The van der Waals surface area contributed by atoms with E-state index < -0.39 is 11.5 Å². The van der Waals surface area contributed by atoms with Crippen molar-refractivity contribution in [2.24, 2.45) is 0 Å². The molecule has 116 valence electrons. The Morgan fingerprint density at radius 3 is 2.48 bits per heavy atom. The summed E-state index contributed by atoms with van der Waals surface area (Å²) in [6.45, 7) is 1.35. The summed E-state index contributed by atoms with van der Waals surface area (Å²) in [7, 11) is 1.40. The number of halogens is 1. The van der Waals surface area contributed by atoms with Crippen molar-refractivity contribution in [2.75, 3.05) is 13.7 Å². The number of ether oxygens (including phenoxy) is 1. The van der Waals surface area contributed by atoms with Gasteiger partial charge in [0.25, 0.3) is 0 Å². The van der Waals surface area contributed by atoms with Crippen LogP contribution in [0.4, 0.5) is 0 Å². The highest BCUT2D eigenvalue weighted by Crippen LogP contribution is 2.12. The molecule has 1 amide bonds. The van der Waals surface area contributed by atoms with Crippen LogP contribution in [0.2, 0.25) is 5.02 Å². The van der Waals surface area contributed by atoms with Gasteiger partial charge in [0.2, 0.25) is 5.91 Å². The number of aliphatic carboxylic acids is 1. The van der Waals surface area contributed by atoms with Crippen LogP contribution in [-0.2, 0) is 20.7 Å². The van der Waals surface area contributed by atoms with Gasteiger partial charge >= 0.3 is 5.97 Å². The highest BCUT2D eigenvalue weighted by atomic mass is 35.5. The zero-order valence-corrected chi connectivity index (χ0v) is 12.9. The van der Waals surface area contributed by atoms with Crippen molar-refractivity contribution < 1.29 is 19.4 Å². The maximum atomic E-state index is 11.8. The molecule has 1 rings (SSSR count). The minimum Gasteiger partial charge on any atom is -0.479 e. The summed E-state index contributed by atoms with van der Waals surface area (Å²) in [5.74, 6) is -1.42. The molecule has 2 N–H and O–H groups in total. The van der Waals surface area contributed by atoms with Crippen LogP contribution in [0, 0.1) is 0 Å². The van der Waals surface area contributed by atoms with Crippen molar-refractivity contribution in [3.8, 4) is 0 Å². The molecule has 0 fully saturated rings. The van der Waals surface area contributed by atoms with Crippen LogP contribution in [-0.4, -0.2) is 36.2 Å². The Balaban J connectivity index is 2.43. The third-order valence-corrected chi connectivity index (χ3v) is 3.35. The Bertz CT molecular complexity index is 489. The fourth-order valence-electron chi connectivity index (χ4n) is 1.91. The van der Waals surface area contributed by atoms with Gasteiger partial charge in [-0.1, -0.05) is 23.7 Å². The molecule has 0 radical (unpaired) electrons. The molecule has 0 aromatic heterocycles. The molecule has 1 atom stereocenters. The van der Waals surface area contributed by atoms with E-state index in [9.17, 15) is 9.59 Å². The largest absolute Gasteiger partial charge is 0.479 e. The lowest BCUT2D eigenvalue weighted by Crippen LogP contribution is -2.55. The molecule has 0 aliphatic carbocycles. The number of amides is 1. The molecule has 1 aromatic rings. The lowest BCUT2D eigenvalue weighted by atomic mass is 10.0. The Kier molecular flexibility index (Phi) is 6.65. The molecule has 1 aromatic carbocycles. The topological polar surface area (TPSA) is 75.6 Å². The van der Waals surface area contributed by atoms with Crippen LogP contribution in [0.3, 0.4) is 0 Å². The fourth-order valence-corrected chi connectivity index (χ4v) is 2.04. The Morgan fingerprint density at radius 2 is 1.95 bits per heavy atom. The minimum absolute atomic E-state index is 0.0781. The molecule has 0 saturated heterocycles. The van der Waals surface area contributed by atoms with Crippen molar-refractivity contribution in [3.05, 3.63) is 34.9 Å². The number of rotatable bonds is 8. The zero-order chi connectivity index (χ0) is 15.9. The van der Waals surface area contributed by atoms with Gasteiger partial charge in [0, 0.05) is 18.6 Å². The molecule has 1 unspecified atom stereocenters. The quantitative estimate of drug-likeness (QED) is 0.772. The molecule has 0 saturated carbocycles. The number of hydrogen-bond acceptors (Lipinski definition) is 3. The third kappa shape index (κ3) is 5.73. The number of nitrogens with one attached hydrogen (secondary N) is 1. The van der Waals surface area contributed by atoms with Gasteiger partial charge in [-0.05, 0) is 37.5 Å². The van der Waals surface area contributed by atoms with E-state index in [-0.39, 0.29) is 18.9 Å². The molecule has 21 heavy (non-hydrogen) atoms. The smallest absolute Gasteiger partial charge is 0.331 e. The first kappa shape index (κ1) is 17.5. The van der Waals surface area contributed by atoms with E-state index in [0.717, 1.165) is 12.0 Å². The first-order valence-corrected chi connectivity index (χ1v) is 7.03. The predicted molar refractivity (Wildman–Crippen MR) is 80.4 cm³/mol. The third-order valence-electron chi connectivity index (χ3n) is 3.10. The van der Waals surface area contributed by atoms with E-state index >= 15 is 0 Å². The molecule has 0 spiro atoms. The Hall–Kier alpha value is -1.59. The summed E-state index contributed by atoms with van der Waals surface area (Å²) in [5.41, 5.74) is -0.309. The summed E-state index contributed by atoms with van der Waals surface area (Å²) >= 11 is 5.80. The molecular weight excluding hydrogens is 294 g/mol. The fraction of sp³-hybridized carbons (Fsp3) is 0.467. The molecule has 5 nitrogen and oxygen atoms in total. The maximum Gasteiger partial charge on any atom is 0.331 e. The van der Waals surface area contributed by atoms with Crippen LogP contribution in [0.15, 0.2) is 24.3 Å². The Labute approximate surface area is 129 Å². The highest BCUT2D eigenvalue weighted by Gasteiger charge is 2.34. The van der Waals surface area contributed by atoms with Gasteiger partial charge in [-0.15, -0.1) is 0 Å². The van der Waals surface area contributed by atoms with E-state index in [1.807, 2.05) is 12.1 Å². The lowest BCUT2D eigenvalue weighted by molar-refractivity contribution is -0.149. The van der Waals surface area contributed by atoms with Gasteiger partial charge < -0.3 is 15.2 Å². The summed E-state index contributed by atoms with van der Waals surface area (Å²) in [6, 6.07) is 7.42. The van der Waals surface area contributed by atoms with E-state index in [4.69, 9.17) is 21.4 Å². The number of benzene rings is 1. The van der Waals surface area contributed by atoms with Crippen molar-refractivity contribution in [1.82, 2.24) is 5.32 Å². The van der Waals surface area contributed by atoms with E-state index in [1.165, 1.54) is 14.0 Å². The van der Waals surface area contributed by atoms with Gasteiger partial charge in [0.05, 0.1) is 6.61 Å². The normalized spacial score (nSPS) is 13.5. The maximum absolute atomic E-state index is 11.8. The molecular formula is C15H20ClNO4. The van der Waals surface area contributed by atoms with Crippen LogP contribution in [0.25, 0.3) is 0 Å². The number of carbonyl (C=O) groups excluding carboxylic acids is 1. The van der Waals surface area contributed by atoms with Crippen LogP contribution >= 0.6 is 11.6 Å². The second-order valence-electron chi connectivity index (χ2n) is 5.10. The van der Waals surface area contributed by atoms with Crippen LogP contribution in [0.1, 0.15) is 25.3 Å². The number of carboxylic acids is 1. The van der Waals surface area contributed by atoms with Crippen molar-refractivity contribution in [3.63, 3.8) is 0 Å². The van der Waals surface area contributed by atoms with Gasteiger partial charge in [0.1, 0.15) is 0 Å². The number of methoxy groups -OCH3 is 1. The minimum atomic E-state index is -1.40. The number of carboxylic acid groups (broad SMARTS) is 1. The average molecular weight is 314 g/mol. The first-order chi connectivity index (χ1) is 9.87. The predicted octanol–water partition coefficient (Wildman–Crippen LogP) is 2.27. The zero-order valence-electron chi connectivity index (χ0n) is 12.2. The molecule has 0 heterocycles. The number of hydrogen-bond donors (Lipinski definition) is 2. The Morgan fingerprint density at radius 1 is 1.33 bits per heavy atom. The van der Waals surface area contributed by atoms with Gasteiger partial charge in [-0.25, -0.2) is 4.79 Å². The highest BCUT2D eigenvalue weighted by molar-refractivity contribution is 6.30. The lowest BCUT2D eigenvalue weighted by Gasteiger charge is -2.25. The average Bonchev–Trinajstić information content (AvgIpc) is 2.41. The number of aryl methyl sites for hydroxylation is 1. The summed E-state index contributed by atoms with van der Waals surface area (Å²) in [4.78, 5) is 23.0. The van der Waals surface area contributed by atoms with E-state index in [1.54, 1.807) is 12.1 Å². The number of carbonyl (C=O) groups is 2. The summed E-state index contributed by atoms with van der Waals surface area (Å²) < 4.78 is 4.85. The van der Waals surface area contributed by atoms with Gasteiger partial charge in [-0.3, -0.25) is 4.79 Å². The SMILES string of the molecule is COCC(C)(NC(=O)CCCc1ccc(Cl)cc1)C(=O)O. The second kappa shape index (κ2) is 8.00. The monoisotopic (exact) mass is 313 g/mol. The standard InChI is InChI=1S/C15H20ClNO4/c1-15(10-21-2,14(19)20)17-13(18)5-3-4-11-6-8-12(16)9-7-11/h6-9H,3-5,10H2,1-2H3,(H,17,18)(H,19,20). The molecule has 0 aliphatic heterocycles. The molecule has 0 aliphatic rings. The van der Waals surface area contributed by atoms with Crippen LogP contribution < -0.4 is 5.32 Å². The van der Waals surface area contributed by atoms with Crippen molar-refractivity contribution in [1.29, 1.82) is 0 Å². The van der Waals surface area contributed by atoms with E-state index in [0.29, 0.717) is 11.4 Å². The summed E-state index contributed by atoms with van der Waals surface area (Å²) in [5, 5.41) is 12.3. The molecule has 6 heteroatoms. The van der Waals surface area contributed by atoms with Gasteiger partial charge in [-0.2, -0.15) is 0 Å². The van der Waals surface area contributed by atoms with Crippen molar-refractivity contribution in [2.45, 2.75) is 31.7 Å². The first-order valence-electron chi connectivity index (χ1n) is 6.65. The van der Waals surface area contributed by atoms with Gasteiger partial charge in [0.15, 0.2) is 5.54 Å². The second-order valence-corrected chi connectivity index (χ2v) is 5.53. The summed E-state index contributed by atoms with van der Waals surface area (Å²) in [6.07, 6.45) is 1.63.